The lowest BCUT2D eigenvalue weighted by molar-refractivity contribution is -0.0563. The number of nitrogens with zero attached hydrogens (tertiary/aromatic N) is 4. The molecular formula is C28H44N4O2. The number of aliphatic hydroxyl groups is 1. The highest BCUT2D eigenvalue weighted by molar-refractivity contribution is 5.85. The number of likely N-dealkylation sites (tertiary alicyclic amines) is 1. The molecule has 2 aromatic rings. The molecule has 1 saturated carbocycles. The number of ether oxygens (including phenoxy) is 1. The quantitative estimate of drug-likeness (QED) is 0.590. The Hall–Kier alpha value is -1.79. The Morgan fingerprint density at radius 2 is 1.71 bits per heavy atom. The fourth-order valence-electron chi connectivity index (χ4n) is 5.91. The van der Waals surface area contributed by atoms with E-state index in [0.717, 1.165) is 68.1 Å². The van der Waals surface area contributed by atoms with Crippen molar-refractivity contribution in [3.63, 3.8) is 0 Å². The van der Waals surface area contributed by atoms with Crippen LogP contribution >= 0.6 is 0 Å². The van der Waals surface area contributed by atoms with Crippen molar-refractivity contribution in [2.75, 3.05) is 7.05 Å². The van der Waals surface area contributed by atoms with E-state index in [1.54, 1.807) is 0 Å². The van der Waals surface area contributed by atoms with Gasteiger partial charge in [0.1, 0.15) is 11.9 Å². The van der Waals surface area contributed by atoms with Crippen LogP contribution in [-0.4, -0.2) is 55.3 Å². The van der Waals surface area contributed by atoms with Gasteiger partial charge in [-0.2, -0.15) is 0 Å². The molecule has 1 aliphatic heterocycles. The SMILES string of the molecule is CC[C@@H](C)Cc1ncc2c(OC3CC(C)(C)N(C)C(C)(C)C3)ncc(C3CCC(O)CC3)c2n1. The van der Waals surface area contributed by atoms with Crippen LogP contribution in [0.3, 0.4) is 0 Å². The summed E-state index contributed by atoms with van der Waals surface area (Å²) in [4.78, 5) is 17.1. The van der Waals surface area contributed by atoms with E-state index < -0.39 is 0 Å². The molecule has 6 nitrogen and oxygen atoms in total. The van der Waals surface area contributed by atoms with Crippen LogP contribution in [0.4, 0.5) is 0 Å². The molecule has 3 heterocycles. The topological polar surface area (TPSA) is 71.4 Å². The zero-order chi connectivity index (χ0) is 24.7. The smallest absolute Gasteiger partial charge is 0.224 e. The van der Waals surface area contributed by atoms with Gasteiger partial charge in [0.2, 0.25) is 5.88 Å². The van der Waals surface area contributed by atoms with Gasteiger partial charge in [-0.1, -0.05) is 20.3 Å². The van der Waals surface area contributed by atoms with Crippen molar-refractivity contribution in [3.8, 4) is 5.88 Å². The molecule has 2 aromatic heterocycles. The van der Waals surface area contributed by atoms with Crippen molar-refractivity contribution in [2.45, 2.75) is 122 Å². The van der Waals surface area contributed by atoms with Crippen molar-refractivity contribution in [1.29, 1.82) is 0 Å². The van der Waals surface area contributed by atoms with Crippen LogP contribution in [0, 0.1) is 5.92 Å². The van der Waals surface area contributed by atoms with Gasteiger partial charge in [0.25, 0.3) is 0 Å². The maximum atomic E-state index is 10.0. The van der Waals surface area contributed by atoms with Crippen molar-refractivity contribution < 1.29 is 9.84 Å². The maximum Gasteiger partial charge on any atom is 0.224 e. The van der Waals surface area contributed by atoms with Crippen molar-refractivity contribution >= 4 is 10.9 Å². The van der Waals surface area contributed by atoms with Crippen LogP contribution in [-0.2, 0) is 6.42 Å². The van der Waals surface area contributed by atoms with Gasteiger partial charge in [-0.25, -0.2) is 15.0 Å². The van der Waals surface area contributed by atoms with Crippen LogP contribution < -0.4 is 4.74 Å². The highest BCUT2D eigenvalue weighted by Gasteiger charge is 2.44. The molecule has 1 atom stereocenters. The highest BCUT2D eigenvalue weighted by Crippen LogP contribution is 2.41. The molecule has 0 spiro atoms. The first-order chi connectivity index (χ1) is 16.0. The number of fused-ring (bicyclic) bond motifs is 1. The molecule has 0 unspecified atom stereocenters. The molecule has 0 amide bonds. The number of pyridine rings is 1. The average Bonchev–Trinajstić information content (AvgIpc) is 2.78. The van der Waals surface area contributed by atoms with Gasteiger partial charge in [-0.3, -0.25) is 4.90 Å². The van der Waals surface area contributed by atoms with Crippen molar-refractivity contribution in [3.05, 3.63) is 23.8 Å². The number of aromatic nitrogens is 3. The molecule has 0 bridgehead atoms. The summed E-state index contributed by atoms with van der Waals surface area (Å²) < 4.78 is 6.63. The Balaban J connectivity index is 1.69. The van der Waals surface area contributed by atoms with E-state index in [0.29, 0.717) is 17.7 Å². The lowest BCUT2D eigenvalue weighted by Gasteiger charge is -2.53. The van der Waals surface area contributed by atoms with Gasteiger partial charge >= 0.3 is 0 Å². The third-order valence-corrected chi connectivity index (χ3v) is 8.58. The minimum Gasteiger partial charge on any atom is -0.474 e. The monoisotopic (exact) mass is 468 g/mol. The fourth-order valence-corrected chi connectivity index (χ4v) is 5.91. The zero-order valence-electron chi connectivity index (χ0n) is 22.3. The van der Waals surface area contributed by atoms with Crippen LogP contribution in [0.5, 0.6) is 5.88 Å². The van der Waals surface area contributed by atoms with Crippen LogP contribution in [0.2, 0.25) is 0 Å². The van der Waals surface area contributed by atoms with Crippen LogP contribution in [0.25, 0.3) is 10.9 Å². The molecule has 2 aliphatic rings. The molecule has 6 heteroatoms. The summed E-state index contributed by atoms with van der Waals surface area (Å²) in [5.41, 5.74) is 2.27. The van der Waals surface area contributed by atoms with Crippen LogP contribution in [0.15, 0.2) is 12.4 Å². The molecule has 1 N–H and O–H groups in total. The number of rotatable bonds is 6. The average molecular weight is 469 g/mol. The highest BCUT2D eigenvalue weighted by atomic mass is 16.5. The van der Waals surface area contributed by atoms with E-state index in [-0.39, 0.29) is 23.3 Å². The Morgan fingerprint density at radius 3 is 2.32 bits per heavy atom. The standard InChI is InChI=1S/C28H44N4O2/c1-8-18(2)13-24-29-17-23-25(31-24)22(19-9-11-20(33)12-10-19)16-30-26(23)34-21-14-27(3,4)32(7)28(5,6)15-21/h16-21,33H,8-15H2,1-7H3/t18-,19?,20?/m1/s1. The lowest BCUT2D eigenvalue weighted by Crippen LogP contribution is -2.60. The summed E-state index contributed by atoms with van der Waals surface area (Å²) in [5, 5.41) is 10.9. The third-order valence-electron chi connectivity index (χ3n) is 8.58. The van der Waals surface area contributed by atoms with E-state index in [4.69, 9.17) is 19.7 Å². The first kappa shape index (κ1) is 25.3. The normalized spacial score (nSPS) is 26.5. The zero-order valence-corrected chi connectivity index (χ0v) is 22.3. The number of aliphatic hydroxyl groups excluding tert-OH is 1. The summed E-state index contributed by atoms with van der Waals surface area (Å²) >= 11 is 0. The van der Waals surface area contributed by atoms with E-state index >= 15 is 0 Å². The molecule has 4 rings (SSSR count). The third kappa shape index (κ3) is 5.23. The van der Waals surface area contributed by atoms with Gasteiger partial charge in [-0.05, 0) is 72.3 Å². The Morgan fingerprint density at radius 1 is 1.06 bits per heavy atom. The summed E-state index contributed by atoms with van der Waals surface area (Å²) in [7, 11) is 2.21. The second-order valence-corrected chi connectivity index (χ2v) is 12.1. The predicted octanol–water partition coefficient (Wildman–Crippen LogP) is 5.66. The van der Waals surface area contributed by atoms with Gasteiger partial charge in [0.15, 0.2) is 0 Å². The molecule has 1 saturated heterocycles. The first-order valence-electron chi connectivity index (χ1n) is 13.2. The van der Waals surface area contributed by atoms with Gasteiger partial charge in [0, 0.05) is 48.3 Å². The summed E-state index contributed by atoms with van der Waals surface area (Å²) in [6.07, 6.45) is 11.4. The van der Waals surface area contributed by atoms with Gasteiger partial charge in [-0.15, -0.1) is 0 Å². The molecular weight excluding hydrogens is 424 g/mol. The minimum atomic E-state index is -0.176. The van der Waals surface area contributed by atoms with Gasteiger partial charge < -0.3 is 9.84 Å². The second kappa shape index (κ2) is 9.69. The van der Waals surface area contributed by atoms with Crippen molar-refractivity contribution in [1.82, 2.24) is 19.9 Å². The molecule has 188 valence electrons. The van der Waals surface area contributed by atoms with E-state index in [9.17, 15) is 5.11 Å². The molecule has 0 aromatic carbocycles. The van der Waals surface area contributed by atoms with Crippen LogP contribution in [0.1, 0.15) is 104 Å². The predicted molar refractivity (Wildman–Crippen MR) is 137 cm³/mol. The Kier molecular flexibility index (Phi) is 7.21. The summed E-state index contributed by atoms with van der Waals surface area (Å²) in [6.45, 7) is 13.6. The summed E-state index contributed by atoms with van der Waals surface area (Å²) in [5.74, 6) is 2.48. The number of hydrogen-bond donors (Lipinski definition) is 1. The lowest BCUT2D eigenvalue weighted by atomic mass is 9.79. The van der Waals surface area contributed by atoms with E-state index in [1.807, 2.05) is 12.4 Å². The van der Waals surface area contributed by atoms with Crippen molar-refractivity contribution in [2.24, 2.45) is 5.92 Å². The molecule has 2 fully saturated rings. The fraction of sp³-hybridized carbons (Fsp3) is 0.750. The second-order valence-electron chi connectivity index (χ2n) is 12.1. The molecule has 0 radical (unpaired) electrons. The molecule has 34 heavy (non-hydrogen) atoms. The maximum absolute atomic E-state index is 10.0. The largest absolute Gasteiger partial charge is 0.474 e. The Labute approximate surface area is 205 Å². The van der Waals surface area contributed by atoms with E-state index in [1.165, 1.54) is 5.56 Å². The number of hydrogen-bond acceptors (Lipinski definition) is 6. The van der Waals surface area contributed by atoms with E-state index in [2.05, 4.69) is 53.5 Å². The van der Waals surface area contributed by atoms with Gasteiger partial charge in [0.05, 0.1) is 17.0 Å². The molecule has 1 aliphatic carbocycles. The number of piperidine rings is 1. The minimum absolute atomic E-state index is 0.0467. The summed E-state index contributed by atoms with van der Waals surface area (Å²) in [6, 6.07) is 0. The Bertz CT molecular complexity index is 979. The first-order valence-corrected chi connectivity index (χ1v) is 13.2.